The molecule has 0 fully saturated rings. The molecule has 1 rings (SSSR count). The maximum absolute atomic E-state index is 10.6. The van der Waals surface area contributed by atoms with Crippen LogP contribution in [-0.2, 0) is 9.53 Å². The van der Waals surface area contributed by atoms with Crippen molar-refractivity contribution in [3.63, 3.8) is 0 Å². The first-order chi connectivity index (χ1) is 5.69. The van der Waals surface area contributed by atoms with Crippen molar-refractivity contribution >= 4 is 12.2 Å². The Kier molecular flexibility index (Phi) is 2.63. The number of ether oxygens (including phenoxy) is 1. The number of carbonyl (C=O) groups is 1. The van der Waals surface area contributed by atoms with Gasteiger partial charge >= 0.3 is 0 Å². The zero-order valence-corrected chi connectivity index (χ0v) is 7.36. The van der Waals surface area contributed by atoms with Crippen molar-refractivity contribution in [3.8, 4) is 0 Å². The minimum Gasteiger partial charge on any atom is -0.467 e. The van der Waals surface area contributed by atoms with Crippen molar-refractivity contribution in [2.24, 2.45) is 10.9 Å². The molecule has 3 unspecified atom stereocenters. The number of carbonyl (C=O) groups excluding carboxylic acids is 1. The van der Waals surface area contributed by atoms with Crippen molar-refractivity contribution in [2.45, 2.75) is 26.0 Å². The third kappa shape index (κ3) is 1.55. The summed E-state index contributed by atoms with van der Waals surface area (Å²) in [4.78, 5) is 14.8. The van der Waals surface area contributed by atoms with Crippen LogP contribution < -0.4 is 0 Å². The van der Waals surface area contributed by atoms with Crippen molar-refractivity contribution in [1.29, 1.82) is 0 Å². The molecule has 0 aromatic rings. The fraction of sp³-hybridized carbons (Fsp3) is 0.556. The molecule has 3 atom stereocenters. The Hall–Kier alpha value is -1.12. The normalized spacial score (nSPS) is 34.8. The molecule has 0 bridgehead atoms. The zero-order chi connectivity index (χ0) is 9.14. The summed E-state index contributed by atoms with van der Waals surface area (Å²) in [6.07, 6.45) is 1.98. The summed E-state index contributed by atoms with van der Waals surface area (Å²) in [6.45, 7) is 7.46. The van der Waals surface area contributed by atoms with Gasteiger partial charge in [-0.1, -0.05) is 13.5 Å². The highest BCUT2D eigenvalue weighted by atomic mass is 16.5. The molecule has 66 valence electrons. The molecule has 3 heteroatoms. The van der Waals surface area contributed by atoms with Crippen LogP contribution >= 0.6 is 0 Å². The SMILES string of the molecule is C=CC1=NC(C)C(C)C(C=O)O1. The van der Waals surface area contributed by atoms with Gasteiger partial charge in [0.05, 0.1) is 6.04 Å². The minimum absolute atomic E-state index is 0.127. The molecule has 0 spiro atoms. The highest BCUT2D eigenvalue weighted by Crippen LogP contribution is 2.19. The first-order valence-corrected chi connectivity index (χ1v) is 4.01. The van der Waals surface area contributed by atoms with Gasteiger partial charge in [-0.2, -0.15) is 0 Å². The van der Waals surface area contributed by atoms with Crippen molar-refractivity contribution in [3.05, 3.63) is 12.7 Å². The van der Waals surface area contributed by atoms with Gasteiger partial charge in [0.1, 0.15) is 0 Å². The molecule has 1 heterocycles. The van der Waals surface area contributed by atoms with E-state index in [9.17, 15) is 4.79 Å². The highest BCUT2D eigenvalue weighted by molar-refractivity contribution is 5.89. The van der Waals surface area contributed by atoms with E-state index in [0.717, 1.165) is 6.29 Å². The van der Waals surface area contributed by atoms with Crippen LogP contribution in [0.3, 0.4) is 0 Å². The lowest BCUT2D eigenvalue weighted by Crippen LogP contribution is -2.37. The quantitative estimate of drug-likeness (QED) is 0.579. The molecular formula is C9H13NO2. The summed E-state index contributed by atoms with van der Waals surface area (Å²) in [6, 6.07) is 0.127. The van der Waals surface area contributed by atoms with Gasteiger partial charge < -0.3 is 4.74 Å². The lowest BCUT2D eigenvalue weighted by Gasteiger charge is -2.28. The molecule has 0 aromatic carbocycles. The topological polar surface area (TPSA) is 38.7 Å². The Balaban J connectivity index is 2.81. The third-order valence-electron chi connectivity index (χ3n) is 2.18. The minimum atomic E-state index is -0.370. The lowest BCUT2D eigenvalue weighted by atomic mass is 9.97. The molecule has 1 aliphatic rings. The van der Waals surface area contributed by atoms with Gasteiger partial charge in [0.2, 0.25) is 5.90 Å². The molecule has 0 aliphatic carbocycles. The predicted octanol–water partition coefficient (Wildman–Crippen LogP) is 1.19. The second-order valence-corrected chi connectivity index (χ2v) is 2.99. The standard InChI is InChI=1S/C9H13NO2/c1-4-9-10-7(3)6(2)8(5-11)12-9/h4-8H,1H2,2-3H3. The van der Waals surface area contributed by atoms with Gasteiger partial charge in [-0.05, 0) is 13.0 Å². The van der Waals surface area contributed by atoms with E-state index in [2.05, 4.69) is 11.6 Å². The van der Waals surface area contributed by atoms with Crippen LogP contribution in [0.1, 0.15) is 13.8 Å². The van der Waals surface area contributed by atoms with Crippen molar-refractivity contribution < 1.29 is 9.53 Å². The Morgan fingerprint density at radius 2 is 2.25 bits per heavy atom. The second kappa shape index (κ2) is 3.52. The summed E-state index contributed by atoms with van der Waals surface area (Å²) >= 11 is 0. The molecule has 0 saturated heterocycles. The van der Waals surface area contributed by atoms with E-state index in [1.807, 2.05) is 13.8 Å². The number of nitrogens with zero attached hydrogens (tertiary/aromatic N) is 1. The van der Waals surface area contributed by atoms with Gasteiger partial charge in [-0.25, -0.2) is 4.99 Å². The Morgan fingerprint density at radius 3 is 2.75 bits per heavy atom. The van der Waals surface area contributed by atoms with E-state index in [-0.39, 0.29) is 18.1 Å². The summed E-state index contributed by atoms with van der Waals surface area (Å²) in [5.74, 6) is 0.615. The largest absolute Gasteiger partial charge is 0.467 e. The Morgan fingerprint density at radius 1 is 1.58 bits per heavy atom. The van der Waals surface area contributed by atoms with Crippen molar-refractivity contribution in [1.82, 2.24) is 0 Å². The lowest BCUT2D eigenvalue weighted by molar-refractivity contribution is -0.116. The molecule has 0 N–H and O–H groups in total. The molecule has 1 aliphatic heterocycles. The average molecular weight is 167 g/mol. The van der Waals surface area contributed by atoms with Gasteiger partial charge in [0, 0.05) is 5.92 Å². The maximum Gasteiger partial charge on any atom is 0.208 e. The van der Waals surface area contributed by atoms with E-state index in [1.54, 1.807) is 0 Å². The van der Waals surface area contributed by atoms with Crippen LogP contribution in [-0.4, -0.2) is 24.3 Å². The van der Waals surface area contributed by atoms with E-state index < -0.39 is 0 Å². The molecule has 0 aromatic heterocycles. The van der Waals surface area contributed by atoms with Gasteiger partial charge in [0.15, 0.2) is 12.4 Å². The monoisotopic (exact) mass is 167 g/mol. The van der Waals surface area contributed by atoms with Crippen LogP contribution in [0.2, 0.25) is 0 Å². The van der Waals surface area contributed by atoms with E-state index in [1.165, 1.54) is 6.08 Å². The first-order valence-electron chi connectivity index (χ1n) is 4.01. The number of aldehydes is 1. The highest BCUT2D eigenvalue weighted by Gasteiger charge is 2.28. The average Bonchev–Trinajstić information content (AvgIpc) is 2.09. The molecule has 3 nitrogen and oxygen atoms in total. The molecule has 0 radical (unpaired) electrons. The van der Waals surface area contributed by atoms with Gasteiger partial charge in [0.25, 0.3) is 0 Å². The number of rotatable bonds is 2. The Labute approximate surface area is 72.1 Å². The van der Waals surface area contributed by atoms with Crippen LogP contribution in [0.4, 0.5) is 0 Å². The summed E-state index contributed by atoms with van der Waals surface area (Å²) in [5.41, 5.74) is 0. The Bertz CT molecular complexity index is 223. The smallest absolute Gasteiger partial charge is 0.208 e. The van der Waals surface area contributed by atoms with Gasteiger partial charge in [-0.15, -0.1) is 0 Å². The summed E-state index contributed by atoms with van der Waals surface area (Å²) in [5, 5.41) is 0. The molecular weight excluding hydrogens is 154 g/mol. The van der Waals surface area contributed by atoms with E-state index >= 15 is 0 Å². The van der Waals surface area contributed by atoms with Crippen LogP contribution in [0.25, 0.3) is 0 Å². The van der Waals surface area contributed by atoms with E-state index in [4.69, 9.17) is 4.74 Å². The van der Waals surface area contributed by atoms with Crippen LogP contribution in [0.15, 0.2) is 17.6 Å². The summed E-state index contributed by atoms with van der Waals surface area (Å²) < 4.78 is 5.23. The third-order valence-corrected chi connectivity index (χ3v) is 2.18. The first kappa shape index (κ1) is 8.97. The number of aliphatic imine (C=N–C) groups is 1. The van der Waals surface area contributed by atoms with Crippen LogP contribution in [0.5, 0.6) is 0 Å². The summed E-state index contributed by atoms with van der Waals surface area (Å²) in [7, 11) is 0. The number of hydrogen-bond donors (Lipinski definition) is 0. The molecule has 0 saturated carbocycles. The maximum atomic E-state index is 10.6. The molecule has 12 heavy (non-hydrogen) atoms. The molecule has 0 amide bonds. The zero-order valence-electron chi connectivity index (χ0n) is 7.36. The fourth-order valence-corrected chi connectivity index (χ4v) is 1.12. The second-order valence-electron chi connectivity index (χ2n) is 2.99. The van der Waals surface area contributed by atoms with Crippen molar-refractivity contribution in [2.75, 3.05) is 0 Å². The van der Waals surface area contributed by atoms with Gasteiger partial charge in [-0.3, -0.25) is 4.79 Å². The van der Waals surface area contributed by atoms with Crippen LogP contribution in [0, 0.1) is 5.92 Å². The fourth-order valence-electron chi connectivity index (χ4n) is 1.12. The number of hydrogen-bond acceptors (Lipinski definition) is 3. The van der Waals surface area contributed by atoms with E-state index in [0.29, 0.717) is 5.90 Å². The predicted molar refractivity (Wildman–Crippen MR) is 47.2 cm³/mol.